The highest BCUT2D eigenvalue weighted by Gasteiger charge is 2.22. The van der Waals surface area contributed by atoms with Crippen LogP contribution >= 0.6 is 0 Å². The fourth-order valence-electron chi connectivity index (χ4n) is 3.51. The van der Waals surface area contributed by atoms with Gasteiger partial charge in [-0.05, 0) is 42.2 Å². The monoisotopic (exact) mass is 428 g/mol. The van der Waals surface area contributed by atoms with Crippen molar-refractivity contribution in [3.05, 3.63) is 83.2 Å². The normalized spacial score (nSPS) is 18.3. The molecule has 3 aromatic rings. The van der Waals surface area contributed by atoms with E-state index in [-0.39, 0.29) is 29.2 Å². The van der Waals surface area contributed by atoms with Gasteiger partial charge in [0.15, 0.2) is 17.9 Å². The molecule has 0 atom stereocenters. The van der Waals surface area contributed by atoms with Gasteiger partial charge >= 0.3 is 0 Å². The summed E-state index contributed by atoms with van der Waals surface area (Å²) in [7, 11) is 0. The van der Waals surface area contributed by atoms with Crippen LogP contribution in [0.2, 0.25) is 0 Å². The molecule has 0 saturated carbocycles. The molecule has 0 amide bonds. The number of rotatable bonds is 3. The Kier molecular flexibility index (Phi) is 7.52. The SMILES string of the molecule is CC.Cc1ccc(-c2ccc(-c3ccc(C4COC(C)OC4)cc3F)cc2)c(F)c1F. The van der Waals surface area contributed by atoms with Crippen molar-refractivity contribution in [2.24, 2.45) is 0 Å². The van der Waals surface area contributed by atoms with Crippen molar-refractivity contribution in [2.75, 3.05) is 13.2 Å². The standard InChI is InChI=1S/C24H21F3O2.C2H6/c1-14-3-9-21(24(27)23(14)26)17-6-4-16(5-7-17)20-10-8-18(11-22(20)25)19-12-28-15(2)29-13-19;1-2/h3-11,15,19H,12-13H2,1-2H3;1-2H3. The van der Waals surface area contributed by atoms with Crippen molar-refractivity contribution in [3.8, 4) is 22.3 Å². The zero-order chi connectivity index (χ0) is 22.5. The number of aryl methyl sites for hydroxylation is 1. The van der Waals surface area contributed by atoms with Gasteiger partial charge < -0.3 is 9.47 Å². The molecule has 0 N–H and O–H groups in total. The van der Waals surface area contributed by atoms with Crippen molar-refractivity contribution in [1.82, 2.24) is 0 Å². The van der Waals surface area contributed by atoms with E-state index in [1.807, 2.05) is 26.8 Å². The minimum absolute atomic E-state index is 0.00321. The minimum atomic E-state index is -0.875. The Balaban J connectivity index is 0.00000132. The molecule has 4 rings (SSSR count). The average molecular weight is 428 g/mol. The molecule has 3 aromatic carbocycles. The second kappa shape index (κ2) is 10.1. The van der Waals surface area contributed by atoms with Crippen molar-refractivity contribution in [1.29, 1.82) is 0 Å². The Morgan fingerprint density at radius 1 is 0.742 bits per heavy atom. The molecule has 0 unspecified atom stereocenters. The van der Waals surface area contributed by atoms with Crippen molar-refractivity contribution in [3.63, 3.8) is 0 Å². The summed E-state index contributed by atoms with van der Waals surface area (Å²) in [5.41, 5.74) is 2.91. The van der Waals surface area contributed by atoms with Gasteiger partial charge in [0, 0.05) is 17.0 Å². The van der Waals surface area contributed by atoms with Gasteiger partial charge in [0.25, 0.3) is 0 Å². The Bertz CT molecular complexity index is 1020. The van der Waals surface area contributed by atoms with Crippen LogP contribution in [0.5, 0.6) is 0 Å². The van der Waals surface area contributed by atoms with Gasteiger partial charge in [-0.25, -0.2) is 13.2 Å². The van der Waals surface area contributed by atoms with E-state index in [9.17, 15) is 13.2 Å². The quantitative estimate of drug-likeness (QED) is 0.437. The Morgan fingerprint density at radius 3 is 1.87 bits per heavy atom. The van der Waals surface area contributed by atoms with Gasteiger partial charge in [0.1, 0.15) is 5.82 Å². The second-order valence-electron chi connectivity index (χ2n) is 7.31. The van der Waals surface area contributed by atoms with E-state index < -0.39 is 11.6 Å². The number of hydrogen-bond acceptors (Lipinski definition) is 2. The van der Waals surface area contributed by atoms with Gasteiger partial charge in [-0.3, -0.25) is 0 Å². The summed E-state index contributed by atoms with van der Waals surface area (Å²) >= 11 is 0. The smallest absolute Gasteiger partial charge is 0.166 e. The lowest BCUT2D eigenvalue weighted by molar-refractivity contribution is -0.176. The third-order valence-electron chi connectivity index (χ3n) is 5.31. The summed E-state index contributed by atoms with van der Waals surface area (Å²) in [6, 6.07) is 14.9. The van der Waals surface area contributed by atoms with E-state index >= 15 is 0 Å². The number of ether oxygens (including phenoxy) is 2. The predicted molar refractivity (Wildman–Crippen MR) is 117 cm³/mol. The molecule has 0 bridgehead atoms. The van der Waals surface area contributed by atoms with Crippen molar-refractivity contribution in [2.45, 2.75) is 39.9 Å². The lowest BCUT2D eigenvalue weighted by Gasteiger charge is -2.27. The molecule has 5 heteroatoms. The molecule has 164 valence electrons. The van der Waals surface area contributed by atoms with Gasteiger partial charge in [0.05, 0.1) is 13.2 Å². The molecule has 1 fully saturated rings. The van der Waals surface area contributed by atoms with Crippen LogP contribution in [-0.2, 0) is 9.47 Å². The molecule has 0 aromatic heterocycles. The zero-order valence-corrected chi connectivity index (χ0v) is 18.2. The van der Waals surface area contributed by atoms with Crippen LogP contribution in [0.25, 0.3) is 22.3 Å². The molecule has 0 radical (unpaired) electrons. The Labute approximate surface area is 181 Å². The van der Waals surface area contributed by atoms with E-state index in [0.717, 1.165) is 5.56 Å². The van der Waals surface area contributed by atoms with E-state index in [1.54, 1.807) is 42.5 Å². The highest BCUT2D eigenvalue weighted by molar-refractivity contribution is 5.71. The van der Waals surface area contributed by atoms with Crippen molar-refractivity contribution < 1.29 is 22.6 Å². The van der Waals surface area contributed by atoms with Crippen LogP contribution in [0.1, 0.15) is 37.8 Å². The van der Waals surface area contributed by atoms with Crippen LogP contribution < -0.4 is 0 Å². The second-order valence-corrected chi connectivity index (χ2v) is 7.31. The number of halogens is 3. The molecule has 2 nitrogen and oxygen atoms in total. The van der Waals surface area contributed by atoms with Crippen molar-refractivity contribution >= 4 is 0 Å². The van der Waals surface area contributed by atoms with Crippen LogP contribution in [0.3, 0.4) is 0 Å². The van der Waals surface area contributed by atoms with Gasteiger partial charge in [-0.1, -0.05) is 62.4 Å². The fourth-order valence-corrected chi connectivity index (χ4v) is 3.51. The summed E-state index contributed by atoms with van der Waals surface area (Å²) in [6.45, 7) is 8.34. The first-order valence-corrected chi connectivity index (χ1v) is 10.5. The Morgan fingerprint density at radius 2 is 1.29 bits per heavy atom. The van der Waals surface area contributed by atoms with Crippen LogP contribution in [0, 0.1) is 24.4 Å². The molecule has 0 spiro atoms. The first-order valence-electron chi connectivity index (χ1n) is 10.5. The summed E-state index contributed by atoms with van der Waals surface area (Å²) in [6.07, 6.45) is -0.235. The predicted octanol–water partition coefficient (Wildman–Crippen LogP) is 7.25. The maximum absolute atomic E-state index is 14.8. The molecule has 1 saturated heterocycles. The summed E-state index contributed by atoms with van der Waals surface area (Å²) in [4.78, 5) is 0. The molecule has 1 aliphatic heterocycles. The largest absolute Gasteiger partial charge is 0.352 e. The van der Waals surface area contributed by atoms with E-state index in [2.05, 4.69) is 0 Å². The van der Waals surface area contributed by atoms with Gasteiger partial charge in [0.2, 0.25) is 0 Å². The van der Waals surface area contributed by atoms with Gasteiger partial charge in [-0.15, -0.1) is 0 Å². The Hall–Kier alpha value is -2.63. The average Bonchev–Trinajstić information content (AvgIpc) is 2.80. The molecule has 0 aliphatic carbocycles. The highest BCUT2D eigenvalue weighted by Crippen LogP contribution is 2.31. The molecular formula is C26H27F3O2. The number of benzene rings is 3. The lowest BCUT2D eigenvalue weighted by atomic mass is 9.95. The van der Waals surface area contributed by atoms with E-state index in [4.69, 9.17) is 9.47 Å². The van der Waals surface area contributed by atoms with Crippen LogP contribution in [0.15, 0.2) is 54.6 Å². The third kappa shape index (κ3) is 5.00. The first-order chi connectivity index (χ1) is 14.9. The fraction of sp³-hybridized carbons (Fsp3) is 0.308. The molecular weight excluding hydrogens is 401 g/mol. The van der Waals surface area contributed by atoms with Crippen LogP contribution in [0.4, 0.5) is 13.2 Å². The third-order valence-corrected chi connectivity index (χ3v) is 5.31. The molecule has 31 heavy (non-hydrogen) atoms. The maximum atomic E-state index is 14.8. The maximum Gasteiger partial charge on any atom is 0.166 e. The van der Waals surface area contributed by atoms with E-state index in [0.29, 0.717) is 29.9 Å². The summed E-state index contributed by atoms with van der Waals surface area (Å²) in [5.74, 6) is -2.07. The topological polar surface area (TPSA) is 18.5 Å². The van der Waals surface area contributed by atoms with E-state index in [1.165, 1.54) is 13.0 Å². The minimum Gasteiger partial charge on any atom is -0.352 e. The zero-order valence-electron chi connectivity index (χ0n) is 18.2. The molecule has 1 heterocycles. The van der Waals surface area contributed by atoms with Gasteiger partial charge in [-0.2, -0.15) is 0 Å². The molecule has 1 aliphatic rings. The first kappa shape index (κ1) is 23.0. The summed E-state index contributed by atoms with van der Waals surface area (Å²) < 4.78 is 53.8. The number of hydrogen-bond donors (Lipinski definition) is 0. The summed E-state index contributed by atoms with van der Waals surface area (Å²) in [5, 5.41) is 0. The lowest BCUT2D eigenvalue weighted by Crippen LogP contribution is -2.28. The van der Waals surface area contributed by atoms with Crippen LogP contribution in [-0.4, -0.2) is 19.5 Å². The highest BCUT2D eigenvalue weighted by atomic mass is 19.2.